The lowest BCUT2D eigenvalue weighted by Gasteiger charge is -2.33. The van der Waals surface area contributed by atoms with Crippen LogP contribution in [-0.4, -0.2) is 70.8 Å². The summed E-state index contributed by atoms with van der Waals surface area (Å²) in [6.45, 7) is 6.11. The van der Waals surface area contributed by atoms with Crippen LogP contribution in [0.25, 0.3) is 0 Å². The third-order valence-corrected chi connectivity index (χ3v) is 7.12. The number of hydrogen-bond donors (Lipinski definition) is 3. The Kier molecular flexibility index (Phi) is 12.7. The van der Waals surface area contributed by atoms with E-state index in [4.69, 9.17) is 10.2 Å². The van der Waals surface area contributed by atoms with Gasteiger partial charge in [0.05, 0.1) is 0 Å². The van der Waals surface area contributed by atoms with Crippen molar-refractivity contribution in [1.82, 2.24) is 4.90 Å². The zero-order chi connectivity index (χ0) is 32.9. The van der Waals surface area contributed by atoms with E-state index in [0.717, 1.165) is 37.2 Å². The van der Waals surface area contributed by atoms with Crippen LogP contribution in [0.15, 0.2) is 84.9 Å². The number of piperidine rings is 1. The number of aryl methyl sites for hydroxylation is 1. The molecule has 1 aliphatic heterocycles. The fourth-order valence-electron chi connectivity index (χ4n) is 4.81. The van der Waals surface area contributed by atoms with Gasteiger partial charge in [-0.15, -0.1) is 0 Å². The van der Waals surface area contributed by atoms with Gasteiger partial charge in [0.2, 0.25) is 5.91 Å². The fourth-order valence-corrected chi connectivity index (χ4v) is 4.81. The van der Waals surface area contributed by atoms with Crippen LogP contribution in [0.1, 0.15) is 46.0 Å². The van der Waals surface area contributed by atoms with Crippen molar-refractivity contribution in [3.05, 3.63) is 107 Å². The van der Waals surface area contributed by atoms with E-state index < -0.39 is 11.9 Å². The molecule has 0 bridgehead atoms. The Morgan fingerprint density at radius 2 is 1.49 bits per heavy atom. The van der Waals surface area contributed by atoms with Crippen LogP contribution in [0.5, 0.6) is 0 Å². The maximum absolute atomic E-state index is 13.6. The lowest BCUT2D eigenvalue weighted by atomic mass is 9.89. The zero-order valence-corrected chi connectivity index (χ0v) is 25.1. The van der Waals surface area contributed by atoms with Crippen molar-refractivity contribution >= 4 is 40.9 Å². The Hall–Kier alpha value is -5.16. The van der Waals surface area contributed by atoms with Crippen molar-refractivity contribution < 1.29 is 38.6 Å². The first-order chi connectivity index (χ1) is 21.4. The number of nitrogens with zero attached hydrogens (tertiary/aromatic N) is 2. The second kappa shape index (κ2) is 16.6. The number of hydrogen-bond acceptors (Lipinski definition) is 6. The summed E-state index contributed by atoms with van der Waals surface area (Å²) in [7, 11) is 0. The molecule has 10 nitrogen and oxygen atoms in total. The summed E-state index contributed by atoms with van der Waals surface area (Å²) >= 11 is 0. The van der Waals surface area contributed by atoms with Crippen molar-refractivity contribution in [3.8, 4) is 0 Å². The first kappa shape index (κ1) is 34.3. The molecule has 3 aromatic carbocycles. The van der Waals surface area contributed by atoms with Crippen LogP contribution in [-0.2, 0) is 14.4 Å². The van der Waals surface area contributed by atoms with Crippen LogP contribution in [0, 0.1) is 18.7 Å². The summed E-state index contributed by atoms with van der Waals surface area (Å²) in [5.74, 6) is -3.21. The highest BCUT2D eigenvalue weighted by Gasteiger charge is 2.27. The van der Waals surface area contributed by atoms with Gasteiger partial charge < -0.3 is 25.3 Å². The molecule has 0 unspecified atom stereocenters. The molecule has 2 amide bonds. The quantitative estimate of drug-likeness (QED) is 0.212. The number of nitrogens with one attached hydrogen (secondary N) is 1. The van der Waals surface area contributed by atoms with Crippen LogP contribution in [0.3, 0.4) is 0 Å². The van der Waals surface area contributed by atoms with E-state index in [2.05, 4.69) is 10.2 Å². The van der Waals surface area contributed by atoms with E-state index in [1.807, 2.05) is 31.2 Å². The third kappa shape index (κ3) is 11.1. The number of benzene rings is 3. The van der Waals surface area contributed by atoms with Crippen molar-refractivity contribution in [2.24, 2.45) is 5.92 Å². The number of ketones is 1. The highest BCUT2D eigenvalue weighted by molar-refractivity contribution is 6.07. The molecule has 1 saturated heterocycles. The minimum Gasteiger partial charge on any atom is -0.478 e. The highest BCUT2D eigenvalue weighted by Crippen LogP contribution is 2.24. The molecule has 0 atom stereocenters. The Bertz CT molecular complexity index is 1510. The average molecular weight is 618 g/mol. The van der Waals surface area contributed by atoms with Gasteiger partial charge in [-0.2, -0.15) is 0 Å². The number of rotatable bonds is 10. The first-order valence-electron chi connectivity index (χ1n) is 14.3. The van der Waals surface area contributed by atoms with E-state index in [9.17, 15) is 28.4 Å². The third-order valence-electron chi connectivity index (χ3n) is 7.12. The molecule has 1 aliphatic rings. The van der Waals surface area contributed by atoms with Gasteiger partial charge in [-0.1, -0.05) is 23.8 Å². The Morgan fingerprint density at radius 1 is 0.889 bits per heavy atom. The van der Waals surface area contributed by atoms with Gasteiger partial charge >= 0.3 is 11.9 Å². The zero-order valence-electron chi connectivity index (χ0n) is 25.1. The maximum Gasteiger partial charge on any atom is 0.328 e. The summed E-state index contributed by atoms with van der Waals surface area (Å²) in [6.07, 6.45) is 2.57. The van der Waals surface area contributed by atoms with Crippen LogP contribution < -0.4 is 10.2 Å². The number of aliphatic carboxylic acids is 2. The van der Waals surface area contributed by atoms with Gasteiger partial charge in [0.1, 0.15) is 5.82 Å². The van der Waals surface area contributed by atoms with Gasteiger partial charge in [0.25, 0.3) is 5.91 Å². The first-order valence-corrected chi connectivity index (χ1v) is 14.3. The van der Waals surface area contributed by atoms with Gasteiger partial charge in [0, 0.05) is 60.6 Å². The van der Waals surface area contributed by atoms with Gasteiger partial charge in [0.15, 0.2) is 5.78 Å². The van der Waals surface area contributed by atoms with E-state index in [-0.39, 0.29) is 29.3 Å². The minimum atomic E-state index is -1.26. The molecule has 45 heavy (non-hydrogen) atoms. The number of carbonyl (C=O) groups is 5. The molecule has 236 valence electrons. The average Bonchev–Trinajstić information content (AvgIpc) is 3.01. The monoisotopic (exact) mass is 617 g/mol. The highest BCUT2D eigenvalue weighted by atomic mass is 19.1. The van der Waals surface area contributed by atoms with Crippen molar-refractivity contribution in [2.75, 3.05) is 36.4 Å². The number of carbonyl (C=O) groups excluding carboxylic acids is 3. The summed E-state index contributed by atoms with van der Waals surface area (Å²) in [4.78, 5) is 61.0. The smallest absolute Gasteiger partial charge is 0.328 e. The van der Waals surface area contributed by atoms with Gasteiger partial charge in [-0.25, -0.2) is 14.0 Å². The van der Waals surface area contributed by atoms with E-state index in [1.54, 1.807) is 41.3 Å². The molecular weight excluding hydrogens is 581 g/mol. The number of carboxylic acid groups (broad SMARTS) is 2. The largest absolute Gasteiger partial charge is 0.478 e. The van der Waals surface area contributed by atoms with Crippen LogP contribution in [0.4, 0.5) is 15.8 Å². The fraction of sp³-hybridized carbons (Fsp3) is 0.265. The second-order valence-electron chi connectivity index (χ2n) is 10.6. The predicted octanol–water partition coefficient (Wildman–Crippen LogP) is 5.05. The Labute approximate surface area is 260 Å². The number of anilines is 2. The normalized spacial score (nSPS) is 13.4. The van der Waals surface area contributed by atoms with E-state index in [0.29, 0.717) is 42.1 Å². The number of carboxylic acids is 2. The molecule has 3 N–H and O–H groups in total. The summed E-state index contributed by atoms with van der Waals surface area (Å²) in [5, 5.41) is 18.4. The Balaban J connectivity index is 0.000000610. The molecule has 0 saturated carbocycles. The van der Waals surface area contributed by atoms with Gasteiger partial charge in [-0.05, 0) is 87.5 Å². The molecule has 11 heteroatoms. The molecular formula is C34H36FN3O7. The number of Topliss-reactive ketones (excluding diaryl/α,β-unsaturated/α-hetero) is 1. The van der Waals surface area contributed by atoms with Crippen molar-refractivity contribution in [3.63, 3.8) is 0 Å². The topological polar surface area (TPSA) is 144 Å². The number of halogens is 1. The molecule has 0 radical (unpaired) electrons. The molecule has 3 aromatic rings. The minimum absolute atomic E-state index is 0.0650. The molecule has 0 spiro atoms. The SMILES string of the molecule is CC(=O)Nc1cccc(C(=O)N(CCN2CCC(C(=O)c3ccc(F)cc3)CC2)c2ccc(C)cc2)c1.O=C(O)C=CC(=O)O. The molecule has 1 fully saturated rings. The van der Waals surface area contributed by atoms with Crippen molar-refractivity contribution in [2.45, 2.75) is 26.7 Å². The lowest BCUT2D eigenvalue weighted by molar-refractivity contribution is -0.134. The van der Waals surface area contributed by atoms with E-state index >= 15 is 0 Å². The molecule has 1 heterocycles. The Morgan fingerprint density at radius 3 is 2.04 bits per heavy atom. The molecule has 4 rings (SSSR count). The standard InChI is InChI=1S/C30H32FN3O3.C4H4O4/c1-21-6-12-28(13-7-21)34(30(37)25-4-3-5-27(20-25)32-22(2)35)19-18-33-16-14-24(15-17-33)29(36)23-8-10-26(31)11-9-23;5-3(6)1-2-4(7)8/h3-13,20,24H,14-19H2,1-2H3,(H,32,35);1-2H,(H,5,6)(H,7,8). The number of amides is 2. The second-order valence-corrected chi connectivity index (χ2v) is 10.6. The summed E-state index contributed by atoms with van der Waals surface area (Å²) < 4.78 is 13.2. The molecule has 0 aromatic heterocycles. The summed E-state index contributed by atoms with van der Waals surface area (Å²) in [5.41, 5.74) is 3.54. The van der Waals surface area contributed by atoms with Gasteiger partial charge in [-0.3, -0.25) is 14.4 Å². The van der Waals surface area contributed by atoms with Crippen LogP contribution in [0.2, 0.25) is 0 Å². The maximum atomic E-state index is 13.6. The lowest BCUT2D eigenvalue weighted by Crippen LogP contribution is -2.42. The van der Waals surface area contributed by atoms with Crippen molar-refractivity contribution in [1.29, 1.82) is 0 Å². The van der Waals surface area contributed by atoms with Crippen LogP contribution >= 0.6 is 0 Å². The predicted molar refractivity (Wildman–Crippen MR) is 168 cm³/mol. The summed E-state index contributed by atoms with van der Waals surface area (Å²) in [6, 6.07) is 20.6. The number of likely N-dealkylation sites (tertiary alicyclic amines) is 1. The molecule has 0 aliphatic carbocycles. The van der Waals surface area contributed by atoms with E-state index in [1.165, 1.54) is 19.1 Å².